The van der Waals surface area contributed by atoms with Crippen molar-refractivity contribution in [2.24, 2.45) is 0 Å². The third-order valence-electron chi connectivity index (χ3n) is 4.19. The lowest BCUT2D eigenvalue weighted by Crippen LogP contribution is -2.48. The summed E-state index contributed by atoms with van der Waals surface area (Å²) in [6.07, 6.45) is 0. The van der Waals surface area contributed by atoms with E-state index in [2.05, 4.69) is 20.8 Å². The average molecular weight is 446 g/mol. The Balaban J connectivity index is 1.76. The van der Waals surface area contributed by atoms with Crippen LogP contribution in [0.3, 0.4) is 0 Å². The van der Waals surface area contributed by atoms with E-state index in [1.54, 1.807) is 25.3 Å². The maximum atomic E-state index is 12.9. The monoisotopic (exact) mass is 444 g/mol. The van der Waals surface area contributed by atoms with Crippen LogP contribution in [0.5, 0.6) is 5.75 Å². The molecule has 0 aliphatic carbocycles. The molecule has 1 heterocycles. The molecule has 0 bridgehead atoms. The lowest BCUT2D eigenvalue weighted by molar-refractivity contribution is 0.384. The Bertz CT molecular complexity index is 868. The van der Waals surface area contributed by atoms with Gasteiger partial charge in [-0.05, 0) is 46.3 Å². The zero-order valence-corrected chi connectivity index (χ0v) is 16.8. The number of anilines is 1. The van der Waals surface area contributed by atoms with Gasteiger partial charge in [-0.2, -0.15) is 4.31 Å². The van der Waals surface area contributed by atoms with Gasteiger partial charge in [-0.15, -0.1) is 0 Å². The number of hydrogen-bond donors (Lipinski definition) is 0. The largest absolute Gasteiger partial charge is 0.496 e. The Morgan fingerprint density at radius 3 is 2.36 bits per heavy atom. The predicted octanol–water partition coefficient (Wildman–Crippen LogP) is 3.62. The van der Waals surface area contributed by atoms with Crippen molar-refractivity contribution in [2.45, 2.75) is 4.90 Å². The Hall–Kier alpha value is -1.28. The third-order valence-corrected chi connectivity index (χ3v) is 7.03. The van der Waals surface area contributed by atoms with E-state index in [9.17, 15) is 8.42 Å². The minimum atomic E-state index is -3.54. The van der Waals surface area contributed by atoms with E-state index in [1.807, 2.05) is 24.3 Å². The summed E-state index contributed by atoms with van der Waals surface area (Å²) >= 11 is 9.58. The van der Waals surface area contributed by atoms with Crippen molar-refractivity contribution in [3.8, 4) is 5.75 Å². The summed E-state index contributed by atoms with van der Waals surface area (Å²) in [5.74, 6) is 0.600. The smallest absolute Gasteiger partial charge is 0.243 e. The maximum Gasteiger partial charge on any atom is 0.243 e. The van der Waals surface area contributed by atoms with Crippen LogP contribution in [0.1, 0.15) is 0 Å². The number of methoxy groups -OCH3 is 1. The molecule has 0 unspecified atom stereocenters. The highest BCUT2D eigenvalue weighted by atomic mass is 79.9. The van der Waals surface area contributed by atoms with Crippen molar-refractivity contribution in [1.82, 2.24) is 4.31 Å². The van der Waals surface area contributed by atoms with Crippen LogP contribution in [-0.4, -0.2) is 46.0 Å². The fraction of sp³-hybridized carbons (Fsp3) is 0.294. The Labute approximate surface area is 161 Å². The first kappa shape index (κ1) is 18.5. The lowest BCUT2D eigenvalue weighted by atomic mass is 10.2. The molecule has 8 heteroatoms. The fourth-order valence-electron chi connectivity index (χ4n) is 2.83. The summed E-state index contributed by atoms with van der Waals surface area (Å²) in [4.78, 5) is 2.37. The summed E-state index contributed by atoms with van der Waals surface area (Å²) in [5.41, 5.74) is 0.938. The zero-order chi connectivity index (χ0) is 18.0. The normalized spacial score (nSPS) is 16.0. The van der Waals surface area contributed by atoms with E-state index in [-0.39, 0.29) is 4.90 Å². The van der Waals surface area contributed by atoms with Crippen LogP contribution in [0.25, 0.3) is 0 Å². The second-order valence-electron chi connectivity index (χ2n) is 5.64. The van der Waals surface area contributed by atoms with Crippen molar-refractivity contribution in [3.63, 3.8) is 0 Å². The number of nitrogens with zero attached hydrogens (tertiary/aromatic N) is 2. The molecule has 0 radical (unpaired) electrons. The predicted molar refractivity (Wildman–Crippen MR) is 103 cm³/mol. The first-order chi connectivity index (χ1) is 11.9. The molecule has 0 spiro atoms. The highest BCUT2D eigenvalue weighted by Gasteiger charge is 2.29. The molecule has 0 saturated carbocycles. The molecular weight excluding hydrogens is 428 g/mol. The van der Waals surface area contributed by atoms with Crippen molar-refractivity contribution >= 4 is 43.2 Å². The van der Waals surface area contributed by atoms with Gasteiger partial charge in [0.05, 0.1) is 27.2 Å². The van der Waals surface area contributed by atoms with Crippen LogP contribution in [-0.2, 0) is 10.0 Å². The standard InChI is InChI=1S/C17H18BrClN2O3S/c1-24-17-7-6-13(12-14(17)18)25(22,23)21-10-8-20(9-11-21)16-5-3-2-4-15(16)19/h2-7,12H,8-11H2,1H3. The van der Waals surface area contributed by atoms with E-state index in [0.29, 0.717) is 41.4 Å². The van der Waals surface area contributed by atoms with Crippen molar-refractivity contribution < 1.29 is 13.2 Å². The van der Waals surface area contributed by atoms with Gasteiger partial charge < -0.3 is 9.64 Å². The molecule has 3 rings (SSSR count). The Morgan fingerprint density at radius 2 is 1.76 bits per heavy atom. The van der Waals surface area contributed by atoms with Crippen LogP contribution >= 0.6 is 27.5 Å². The van der Waals surface area contributed by atoms with E-state index in [4.69, 9.17) is 16.3 Å². The second-order valence-corrected chi connectivity index (χ2v) is 8.84. The first-order valence-corrected chi connectivity index (χ1v) is 10.4. The fourth-order valence-corrected chi connectivity index (χ4v) is 5.23. The van der Waals surface area contributed by atoms with Crippen molar-refractivity contribution in [2.75, 3.05) is 38.2 Å². The van der Waals surface area contributed by atoms with E-state index in [1.165, 1.54) is 4.31 Å². The van der Waals surface area contributed by atoms with Crippen molar-refractivity contribution in [1.29, 1.82) is 0 Å². The van der Waals surface area contributed by atoms with Gasteiger partial charge in [-0.25, -0.2) is 8.42 Å². The molecule has 0 aromatic heterocycles. The second kappa shape index (κ2) is 7.53. The lowest BCUT2D eigenvalue weighted by Gasteiger charge is -2.35. The molecule has 1 saturated heterocycles. The van der Waals surface area contributed by atoms with E-state index >= 15 is 0 Å². The molecule has 0 atom stereocenters. The molecule has 0 amide bonds. The molecular formula is C17H18BrClN2O3S. The number of rotatable bonds is 4. The highest BCUT2D eigenvalue weighted by molar-refractivity contribution is 9.10. The highest BCUT2D eigenvalue weighted by Crippen LogP contribution is 2.30. The van der Waals surface area contributed by atoms with Gasteiger partial charge >= 0.3 is 0 Å². The minimum absolute atomic E-state index is 0.256. The number of benzene rings is 2. The first-order valence-electron chi connectivity index (χ1n) is 7.76. The van der Waals surface area contributed by atoms with E-state index < -0.39 is 10.0 Å². The molecule has 2 aromatic rings. The molecule has 1 aliphatic rings. The quantitative estimate of drug-likeness (QED) is 0.721. The maximum absolute atomic E-state index is 12.9. The molecule has 1 fully saturated rings. The van der Waals surface area contributed by atoms with Gasteiger partial charge in [0.2, 0.25) is 10.0 Å². The summed E-state index contributed by atoms with van der Waals surface area (Å²) in [6.45, 7) is 2.02. The number of sulfonamides is 1. The molecule has 0 N–H and O–H groups in total. The van der Waals surface area contributed by atoms with Crippen LogP contribution in [0.2, 0.25) is 5.02 Å². The third kappa shape index (κ3) is 3.79. The number of halogens is 2. The Morgan fingerprint density at radius 1 is 1.08 bits per heavy atom. The molecule has 25 heavy (non-hydrogen) atoms. The van der Waals surface area contributed by atoms with Gasteiger partial charge in [0.1, 0.15) is 5.75 Å². The zero-order valence-electron chi connectivity index (χ0n) is 13.7. The summed E-state index contributed by atoms with van der Waals surface area (Å²) < 4.78 is 33.0. The van der Waals surface area contributed by atoms with Crippen LogP contribution < -0.4 is 9.64 Å². The molecule has 1 aliphatic heterocycles. The van der Waals surface area contributed by atoms with Gasteiger partial charge in [0, 0.05) is 26.2 Å². The van der Waals surface area contributed by atoms with Crippen molar-refractivity contribution in [3.05, 3.63) is 52.0 Å². The summed E-state index contributed by atoms with van der Waals surface area (Å²) in [6, 6.07) is 12.4. The minimum Gasteiger partial charge on any atom is -0.496 e. The molecule has 134 valence electrons. The van der Waals surface area contributed by atoms with E-state index in [0.717, 1.165) is 5.69 Å². The number of para-hydroxylation sites is 1. The number of hydrogen-bond acceptors (Lipinski definition) is 4. The van der Waals surface area contributed by atoms with Gasteiger partial charge in [0.25, 0.3) is 0 Å². The van der Waals surface area contributed by atoms with Gasteiger partial charge in [-0.1, -0.05) is 23.7 Å². The number of piperazine rings is 1. The molecule has 2 aromatic carbocycles. The van der Waals surface area contributed by atoms with Crippen LogP contribution in [0, 0.1) is 0 Å². The van der Waals surface area contributed by atoms with Crippen LogP contribution in [0.15, 0.2) is 51.8 Å². The van der Waals surface area contributed by atoms with Crippen LogP contribution in [0.4, 0.5) is 5.69 Å². The van der Waals surface area contributed by atoms with Gasteiger partial charge in [-0.3, -0.25) is 0 Å². The summed E-state index contributed by atoms with van der Waals surface area (Å²) in [5, 5.41) is 0.679. The Kier molecular flexibility index (Phi) is 5.58. The summed E-state index contributed by atoms with van der Waals surface area (Å²) in [7, 11) is -1.99. The SMILES string of the molecule is COc1ccc(S(=O)(=O)N2CCN(c3ccccc3Cl)CC2)cc1Br. The van der Waals surface area contributed by atoms with Gasteiger partial charge in [0.15, 0.2) is 0 Å². The topological polar surface area (TPSA) is 49.9 Å². The average Bonchev–Trinajstić information content (AvgIpc) is 2.62. The number of ether oxygens (including phenoxy) is 1. The molecule has 5 nitrogen and oxygen atoms in total.